The fourth-order valence-corrected chi connectivity index (χ4v) is 11.3. The number of rotatable bonds is 11. The first kappa shape index (κ1) is 41.5. The molecule has 7 aromatic carbocycles. The van der Waals surface area contributed by atoms with Crippen molar-refractivity contribution in [1.29, 1.82) is 0 Å². The SMILES string of the molecule is C[C@H]1[C@H](C(C)(C)F)[C@@H](CC(=O)N(CCO)Cc2ccccc2)O[C@]12C(=O)N(Cc1ccc(N3C(=O)c4cccc5cccc3c45)cc1)c1ccc(N3C(=O)c4cccc5cccc3c45)cc12. The average Bonchev–Trinajstić information content (AvgIpc) is 3.96. The molecule has 0 bridgehead atoms. The summed E-state index contributed by atoms with van der Waals surface area (Å²) in [5.41, 5.74) is 3.00. The Morgan fingerprint density at radius 1 is 0.712 bits per heavy atom. The third-order valence-electron chi connectivity index (χ3n) is 14.2. The van der Waals surface area contributed by atoms with Crippen LogP contribution < -0.4 is 14.7 Å². The number of amides is 4. The van der Waals surface area contributed by atoms with Gasteiger partial charge in [0.2, 0.25) is 5.91 Å². The molecular weight excluding hydrogens is 832 g/mol. The second-order valence-corrected chi connectivity index (χ2v) is 18.4. The molecule has 11 heteroatoms. The number of benzene rings is 7. The molecule has 330 valence electrons. The molecule has 0 aliphatic carbocycles. The fourth-order valence-electron chi connectivity index (χ4n) is 11.3. The lowest BCUT2D eigenvalue weighted by Gasteiger charge is -2.33. The topological polar surface area (TPSA) is 111 Å². The van der Waals surface area contributed by atoms with E-state index in [0.29, 0.717) is 39.4 Å². The number of halogens is 1. The number of fused-ring (bicyclic) bond motifs is 2. The van der Waals surface area contributed by atoms with Crippen molar-refractivity contribution in [2.75, 3.05) is 27.9 Å². The highest BCUT2D eigenvalue weighted by Crippen LogP contribution is 2.59. The molecule has 4 aliphatic heterocycles. The quantitative estimate of drug-likeness (QED) is 0.139. The zero-order valence-corrected chi connectivity index (χ0v) is 36.8. The maximum absolute atomic E-state index is 16.9. The molecule has 7 aromatic rings. The molecule has 0 radical (unpaired) electrons. The number of anilines is 5. The van der Waals surface area contributed by atoms with Gasteiger partial charge in [-0.2, -0.15) is 0 Å². The van der Waals surface area contributed by atoms with Crippen LogP contribution in [0.5, 0.6) is 0 Å². The summed E-state index contributed by atoms with van der Waals surface area (Å²) in [5, 5.41) is 13.7. The van der Waals surface area contributed by atoms with Gasteiger partial charge in [-0.15, -0.1) is 0 Å². The van der Waals surface area contributed by atoms with Crippen molar-refractivity contribution < 1.29 is 33.4 Å². The van der Waals surface area contributed by atoms with Crippen molar-refractivity contribution in [1.82, 2.24) is 4.90 Å². The van der Waals surface area contributed by atoms with Crippen molar-refractivity contribution >= 4 is 73.6 Å². The van der Waals surface area contributed by atoms with Gasteiger partial charge in [0.25, 0.3) is 17.7 Å². The van der Waals surface area contributed by atoms with E-state index < -0.39 is 35.1 Å². The molecule has 1 N–H and O–H groups in total. The number of hydrogen-bond acceptors (Lipinski definition) is 6. The lowest BCUT2D eigenvalue weighted by molar-refractivity contribution is -0.150. The van der Waals surface area contributed by atoms with E-state index in [9.17, 15) is 19.5 Å². The first-order chi connectivity index (χ1) is 31.9. The van der Waals surface area contributed by atoms with Gasteiger partial charge in [-0.3, -0.25) is 29.0 Å². The van der Waals surface area contributed by atoms with Crippen molar-refractivity contribution in [3.63, 3.8) is 0 Å². The highest BCUT2D eigenvalue weighted by molar-refractivity contribution is 6.29. The van der Waals surface area contributed by atoms with Gasteiger partial charge in [0.15, 0.2) is 5.60 Å². The number of nitrogens with zero attached hydrogens (tertiary/aromatic N) is 4. The summed E-state index contributed by atoms with van der Waals surface area (Å²) in [6.07, 6.45) is -1.25. The molecule has 10 nitrogen and oxygen atoms in total. The third kappa shape index (κ3) is 6.28. The largest absolute Gasteiger partial charge is 0.395 e. The Labute approximate surface area is 381 Å². The fraction of sp³-hybridized carbons (Fsp3) is 0.236. The van der Waals surface area contributed by atoms with Crippen molar-refractivity contribution in [2.45, 2.75) is 57.7 Å². The van der Waals surface area contributed by atoms with Crippen LogP contribution in [0, 0.1) is 11.8 Å². The highest BCUT2D eigenvalue weighted by Gasteiger charge is 2.66. The summed E-state index contributed by atoms with van der Waals surface area (Å²) >= 11 is 0. The second kappa shape index (κ2) is 15.5. The molecule has 4 atom stereocenters. The predicted molar refractivity (Wildman–Crippen MR) is 253 cm³/mol. The number of alkyl halides is 1. The molecular formula is C55H47FN4O6. The summed E-state index contributed by atoms with van der Waals surface area (Å²) in [5.74, 6) is -2.74. The normalized spacial score (nSPS) is 20.7. The minimum Gasteiger partial charge on any atom is -0.395 e. The monoisotopic (exact) mass is 878 g/mol. The van der Waals surface area contributed by atoms with E-state index in [1.165, 1.54) is 13.8 Å². The molecule has 4 aliphatic rings. The van der Waals surface area contributed by atoms with Crippen LogP contribution >= 0.6 is 0 Å². The number of ether oxygens (including phenoxy) is 1. The van der Waals surface area contributed by atoms with Crippen LogP contribution in [-0.2, 0) is 33.0 Å². The minimum absolute atomic E-state index is 0.0655. The van der Waals surface area contributed by atoms with Crippen LogP contribution in [0.3, 0.4) is 0 Å². The Hall–Kier alpha value is -7.21. The van der Waals surface area contributed by atoms with Crippen LogP contribution in [0.2, 0.25) is 0 Å². The highest BCUT2D eigenvalue weighted by atomic mass is 19.1. The molecule has 0 saturated carbocycles. The van der Waals surface area contributed by atoms with Crippen LogP contribution in [0.25, 0.3) is 21.5 Å². The smallest absolute Gasteiger partial charge is 0.264 e. The third-order valence-corrected chi connectivity index (χ3v) is 14.2. The van der Waals surface area contributed by atoms with E-state index in [-0.39, 0.29) is 50.4 Å². The van der Waals surface area contributed by atoms with Gasteiger partial charge in [-0.1, -0.05) is 97.9 Å². The lowest BCUT2D eigenvalue weighted by atomic mass is 9.71. The van der Waals surface area contributed by atoms with Gasteiger partial charge in [0.05, 0.1) is 53.9 Å². The van der Waals surface area contributed by atoms with E-state index in [4.69, 9.17) is 4.74 Å². The van der Waals surface area contributed by atoms with Crippen molar-refractivity contribution in [2.24, 2.45) is 11.8 Å². The number of carbonyl (C=O) groups is 4. The number of carbonyl (C=O) groups excluding carboxylic acids is 4. The standard InChI is InChI=1S/C55H47FN4O6/c1-33-50(54(2,3)56)46(30-47(62)57(27-28-61)31-34-11-5-4-6-12-34)66-55(33)42-29-39(60-45-20-10-16-37-14-8-18-41(49(37)45)52(60)64)25-26-43(42)58(53(55)65)32-35-21-23-38(24-22-35)59-44-19-9-15-36-13-7-17-40(48(36)44)51(59)63/h4-26,29,33,46,50,61H,27-28,30-32H2,1-3H3/t33-,46+,50-,55+/m0/s1. The Bertz CT molecular complexity index is 3140. The van der Waals surface area contributed by atoms with Crippen LogP contribution in [0.4, 0.5) is 32.8 Å². The maximum Gasteiger partial charge on any atom is 0.264 e. The van der Waals surface area contributed by atoms with E-state index in [0.717, 1.165) is 38.4 Å². The summed E-state index contributed by atoms with van der Waals surface area (Å²) < 4.78 is 23.9. The molecule has 0 unspecified atom stereocenters. The van der Waals surface area contributed by atoms with Crippen LogP contribution in [-0.4, -0.2) is 58.6 Å². The second-order valence-electron chi connectivity index (χ2n) is 18.4. The molecule has 1 spiro atoms. The number of aliphatic hydroxyl groups excluding tert-OH is 1. The minimum atomic E-state index is -1.89. The summed E-state index contributed by atoms with van der Waals surface area (Å²) in [6, 6.07) is 45.5. The Morgan fingerprint density at radius 3 is 1.88 bits per heavy atom. The van der Waals surface area contributed by atoms with Gasteiger partial charge in [-0.25, -0.2) is 4.39 Å². The Balaban J connectivity index is 0.978. The number of aliphatic hydroxyl groups is 1. The predicted octanol–water partition coefficient (Wildman–Crippen LogP) is 10.1. The van der Waals surface area contributed by atoms with Crippen LogP contribution in [0.1, 0.15) is 64.6 Å². The van der Waals surface area contributed by atoms with E-state index in [2.05, 4.69) is 0 Å². The number of hydrogen-bond donors (Lipinski definition) is 1. The molecule has 4 heterocycles. The summed E-state index contributed by atoms with van der Waals surface area (Å²) in [7, 11) is 0. The van der Waals surface area contributed by atoms with Gasteiger partial charge in [-0.05, 0) is 90.3 Å². The van der Waals surface area contributed by atoms with E-state index in [1.807, 2.05) is 153 Å². The van der Waals surface area contributed by atoms with E-state index in [1.54, 1.807) is 19.6 Å². The molecule has 1 saturated heterocycles. The van der Waals surface area contributed by atoms with Gasteiger partial charge in [0.1, 0.15) is 5.67 Å². The molecule has 66 heavy (non-hydrogen) atoms. The summed E-state index contributed by atoms with van der Waals surface area (Å²) in [6.45, 7) is 4.91. The van der Waals surface area contributed by atoms with Crippen molar-refractivity contribution in [3.05, 3.63) is 173 Å². The summed E-state index contributed by atoms with van der Waals surface area (Å²) in [4.78, 5) is 64.5. The van der Waals surface area contributed by atoms with Crippen LogP contribution in [0.15, 0.2) is 146 Å². The average molecular weight is 879 g/mol. The van der Waals surface area contributed by atoms with Gasteiger partial charge in [0, 0.05) is 52.6 Å². The first-order valence-electron chi connectivity index (χ1n) is 22.5. The van der Waals surface area contributed by atoms with Gasteiger partial charge >= 0.3 is 0 Å². The lowest BCUT2D eigenvalue weighted by Crippen LogP contribution is -2.45. The first-order valence-corrected chi connectivity index (χ1v) is 22.5. The molecule has 0 aromatic heterocycles. The molecule has 4 amide bonds. The molecule has 11 rings (SSSR count). The van der Waals surface area contributed by atoms with Gasteiger partial charge < -0.3 is 19.6 Å². The molecule has 1 fully saturated rings. The zero-order valence-electron chi connectivity index (χ0n) is 36.8. The van der Waals surface area contributed by atoms with E-state index >= 15 is 9.18 Å². The van der Waals surface area contributed by atoms with Crippen molar-refractivity contribution in [3.8, 4) is 0 Å². The Morgan fingerprint density at radius 2 is 1.29 bits per heavy atom. The maximum atomic E-state index is 16.9. The zero-order chi connectivity index (χ0) is 45.6. The Kier molecular flexibility index (Phi) is 9.72.